The molecule has 0 bridgehead atoms. The molecule has 0 aliphatic carbocycles. The predicted molar refractivity (Wildman–Crippen MR) is 126 cm³/mol. The number of anilines is 3. The minimum absolute atomic E-state index is 0.388. The molecule has 3 aromatic carbocycles. The largest absolute Gasteiger partial charge is 0.416 e. The van der Waals surface area contributed by atoms with Crippen LogP contribution in [0.3, 0.4) is 0 Å². The minimum Gasteiger partial charge on any atom is -0.278 e. The Kier molecular flexibility index (Phi) is 5.59. The first kappa shape index (κ1) is 21.5. The number of alkyl halides is 3. The van der Waals surface area contributed by atoms with E-state index in [-0.39, 0.29) is 0 Å². The van der Waals surface area contributed by atoms with Gasteiger partial charge in [0.25, 0.3) is 0 Å². The van der Waals surface area contributed by atoms with Crippen LogP contribution in [-0.4, -0.2) is 14.8 Å². The van der Waals surface area contributed by atoms with Crippen molar-refractivity contribution in [3.8, 4) is 16.9 Å². The molecule has 0 radical (unpaired) electrons. The first-order valence-electron chi connectivity index (χ1n) is 10.6. The van der Waals surface area contributed by atoms with E-state index >= 15 is 0 Å². The minimum atomic E-state index is -4.42. The van der Waals surface area contributed by atoms with Crippen LogP contribution in [0.4, 0.5) is 30.5 Å². The third-order valence-electron chi connectivity index (χ3n) is 5.29. The number of rotatable bonds is 5. The van der Waals surface area contributed by atoms with Gasteiger partial charge in [-0.05, 0) is 48.5 Å². The highest BCUT2D eigenvalue weighted by atomic mass is 19.4. The quantitative estimate of drug-likeness (QED) is 0.276. The Bertz CT molecular complexity index is 1400. The molecular weight excluding hydrogens is 437 g/mol. The number of pyridine rings is 1. The number of hydrogen-bond donors (Lipinski definition) is 0. The van der Waals surface area contributed by atoms with Crippen LogP contribution in [0, 0.1) is 0 Å². The van der Waals surface area contributed by atoms with Gasteiger partial charge in [0.15, 0.2) is 5.82 Å². The molecule has 0 N–H and O–H groups in total. The van der Waals surface area contributed by atoms with Crippen LogP contribution >= 0.6 is 0 Å². The summed E-state index contributed by atoms with van der Waals surface area (Å²) in [6, 6.07) is 31.7. The Morgan fingerprint density at radius 2 is 1.38 bits per heavy atom. The van der Waals surface area contributed by atoms with E-state index in [4.69, 9.17) is 10.1 Å². The molecular formula is C27H19F3N4. The molecule has 4 nitrogen and oxygen atoms in total. The van der Waals surface area contributed by atoms with Gasteiger partial charge in [0.2, 0.25) is 0 Å². The Morgan fingerprint density at radius 3 is 2.12 bits per heavy atom. The van der Waals surface area contributed by atoms with Gasteiger partial charge in [0, 0.05) is 23.5 Å². The van der Waals surface area contributed by atoms with E-state index in [1.165, 1.54) is 6.07 Å². The second-order valence-corrected chi connectivity index (χ2v) is 7.58. The summed E-state index contributed by atoms with van der Waals surface area (Å²) in [5, 5.41) is 4.74. The van der Waals surface area contributed by atoms with Crippen molar-refractivity contribution >= 4 is 17.3 Å². The summed E-state index contributed by atoms with van der Waals surface area (Å²) < 4.78 is 41.5. The van der Waals surface area contributed by atoms with Crippen LogP contribution in [-0.2, 0) is 6.18 Å². The lowest BCUT2D eigenvalue weighted by Gasteiger charge is -2.22. The molecule has 5 aromatic rings. The Labute approximate surface area is 194 Å². The summed E-state index contributed by atoms with van der Waals surface area (Å²) in [6.45, 7) is 0. The fourth-order valence-electron chi connectivity index (χ4n) is 3.68. The lowest BCUT2D eigenvalue weighted by molar-refractivity contribution is -0.137. The predicted octanol–water partition coefficient (Wildman–Crippen LogP) is 7.42. The fraction of sp³-hybridized carbons (Fsp3) is 0.0370. The van der Waals surface area contributed by atoms with Crippen molar-refractivity contribution in [2.75, 3.05) is 4.90 Å². The van der Waals surface area contributed by atoms with E-state index in [0.717, 1.165) is 23.5 Å². The Balaban J connectivity index is 1.59. The summed E-state index contributed by atoms with van der Waals surface area (Å²) in [7, 11) is 0. The molecule has 0 saturated carbocycles. The van der Waals surface area contributed by atoms with E-state index in [2.05, 4.69) is 0 Å². The lowest BCUT2D eigenvalue weighted by Crippen LogP contribution is -2.13. The molecule has 0 aliphatic heterocycles. The highest BCUT2D eigenvalue weighted by Crippen LogP contribution is 2.35. The Hall–Kier alpha value is -4.39. The third-order valence-corrected chi connectivity index (χ3v) is 5.29. The average Bonchev–Trinajstić information content (AvgIpc) is 3.35. The van der Waals surface area contributed by atoms with E-state index in [9.17, 15) is 13.2 Å². The lowest BCUT2D eigenvalue weighted by atomic mass is 10.1. The molecule has 34 heavy (non-hydrogen) atoms. The van der Waals surface area contributed by atoms with Crippen LogP contribution in [0.1, 0.15) is 5.56 Å². The van der Waals surface area contributed by atoms with Crippen LogP contribution in [0.2, 0.25) is 0 Å². The van der Waals surface area contributed by atoms with E-state index in [1.54, 1.807) is 22.9 Å². The summed E-state index contributed by atoms with van der Waals surface area (Å²) in [6.07, 6.45) is -2.56. The Morgan fingerprint density at radius 1 is 0.676 bits per heavy atom. The van der Waals surface area contributed by atoms with Crippen molar-refractivity contribution in [3.05, 3.63) is 121 Å². The van der Waals surface area contributed by atoms with Gasteiger partial charge in [-0.15, -0.1) is 5.10 Å². The molecule has 0 amide bonds. The summed E-state index contributed by atoms with van der Waals surface area (Å²) in [5.74, 6) is 1.17. The van der Waals surface area contributed by atoms with E-state index in [1.807, 2.05) is 83.9 Å². The molecule has 168 valence electrons. The second kappa shape index (κ2) is 8.86. The topological polar surface area (TPSA) is 34.0 Å². The first-order chi connectivity index (χ1) is 16.5. The number of para-hydroxylation sites is 2. The van der Waals surface area contributed by atoms with Crippen LogP contribution < -0.4 is 4.90 Å². The van der Waals surface area contributed by atoms with Crippen LogP contribution in [0.15, 0.2) is 115 Å². The number of benzene rings is 3. The van der Waals surface area contributed by atoms with Crippen LogP contribution in [0.25, 0.3) is 16.9 Å². The zero-order valence-corrected chi connectivity index (χ0v) is 17.9. The SMILES string of the molecule is FC(F)(F)c1cccc(-c2cccc(N(c3ccccc3)c3ccn(-c4ccccc4)n3)n2)c1. The van der Waals surface area contributed by atoms with Gasteiger partial charge in [-0.2, -0.15) is 13.2 Å². The zero-order chi connectivity index (χ0) is 23.5. The highest BCUT2D eigenvalue weighted by Gasteiger charge is 2.30. The van der Waals surface area contributed by atoms with Gasteiger partial charge >= 0.3 is 6.18 Å². The van der Waals surface area contributed by atoms with Gasteiger partial charge in [-0.25, -0.2) is 9.67 Å². The van der Waals surface area contributed by atoms with Crippen molar-refractivity contribution in [2.45, 2.75) is 6.18 Å². The van der Waals surface area contributed by atoms with Gasteiger partial charge in [0.05, 0.1) is 16.9 Å². The maximum Gasteiger partial charge on any atom is 0.416 e. The summed E-state index contributed by atoms with van der Waals surface area (Å²) in [5.41, 5.74) is 1.85. The smallest absolute Gasteiger partial charge is 0.278 e. The summed E-state index contributed by atoms with van der Waals surface area (Å²) in [4.78, 5) is 6.58. The monoisotopic (exact) mass is 456 g/mol. The molecule has 2 heterocycles. The van der Waals surface area contributed by atoms with Gasteiger partial charge in [-0.3, -0.25) is 4.90 Å². The third kappa shape index (κ3) is 4.41. The van der Waals surface area contributed by atoms with Crippen molar-refractivity contribution < 1.29 is 13.2 Å². The number of nitrogens with zero attached hydrogens (tertiary/aromatic N) is 4. The van der Waals surface area contributed by atoms with E-state index < -0.39 is 11.7 Å². The fourth-order valence-corrected chi connectivity index (χ4v) is 3.68. The normalized spacial score (nSPS) is 11.4. The highest BCUT2D eigenvalue weighted by molar-refractivity contribution is 5.74. The summed E-state index contributed by atoms with van der Waals surface area (Å²) >= 11 is 0. The number of aromatic nitrogens is 3. The first-order valence-corrected chi connectivity index (χ1v) is 10.6. The van der Waals surface area contributed by atoms with E-state index in [0.29, 0.717) is 22.9 Å². The number of halogens is 3. The number of hydrogen-bond acceptors (Lipinski definition) is 3. The van der Waals surface area contributed by atoms with Crippen LogP contribution in [0.5, 0.6) is 0 Å². The van der Waals surface area contributed by atoms with Crippen molar-refractivity contribution in [3.63, 3.8) is 0 Å². The molecule has 0 aliphatic rings. The maximum atomic E-state index is 13.2. The second-order valence-electron chi connectivity index (χ2n) is 7.58. The standard InChI is InChI=1S/C27H19F3N4/c28-27(29,30)21-10-7-9-20(19-21)24-15-8-16-25(31-24)34(23-13-5-2-6-14-23)26-17-18-33(32-26)22-11-3-1-4-12-22/h1-19H. The van der Waals surface area contributed by atoms with Gasteiger partial charge in [-0.1, -0.05) is 54.6 Å². The molecule has 2 aromatic heterocycles. The molecule has 0 unspecified atom stereocenters. The molecule has 0 spiro atoms. The molecule has 0 fully saturated rings. The molecule has 5 rings (SSSR count). The van der Waals surface area contributed by atoms with Crippen molar-refractivity contribution in [1.82, 2.24) is 14.8 Å². The molecule has 0 atom stereocenters. The van der Waals surface area contributed by atoms with Gasteiger partial charge < -0.3 is 0 Å². The van der Waals surface area contributed by atoms with Gasteiger partial charge in [0.1, 0.15) is 5.82 Å². The maximum absolute atomic E-state index is 13.2. The molecule has 7 heteroatoms. The van der Waals surface area contributed by atoms with Crippen molar-refractivity contribution in [2.24, 2.45) is 0 Å². The average molecular weight is 456 g/mol. The van der Waals surface area contributed by atoms with Crippen molar-refractivity contribution in [1.29, 1.82) is 0 Å². The molecule has 0 saturated heterocycles. The zero-order valence-electron chi connectivity index (χ0n) is 17.9.